The second kappa shape index (κ2) is 15.9. The van der Waals surface area contributed by atoms with Crippen LogP contribution in [0.3, 0.4) is 0 Å². The first-order valence-corrected chi connectivity index (χ1v) is 14.8. The molecule has 0 spiro atoms. The Bertz CT molecular complexity index is 1370. The van der Waals surface area contributed by atoms with Crippen molar-refractivity contribution in [3.05, 3.63) is 90.0 Å². The fourth-order valence-electron chi connectivity index (χ4n) is 5.39. The Kier molecular flexibility index (Phi) is 11.7. The molecule has 0 unspecified atom stereocenters. The fraction of sp³-hybridized carbons (Fsp3) is 0.382. The maximum atomic E-state index is 13.9. The van der Waals surface area contributed by atoms with Crippen LogP contribution in [0, 0.1) is 0 Å². The first-order valence-electron chi connectivity index (χ1n) is 14.8. The third kappa shape index (κ3) is 9.14. The summed E-state index contributed by atoms with van der Waals surface area (Å²) < 4.78 is 10.6. The van der Waals surface area contributed by atoms with Gasteiger partial charge in [-0.3, -0.25) is 24.2 Å². The molecule has 1 aliphatic rings. The topological polar surface area (TPSA) is 82.6 Å². The van der Waals surface area contributed by atoms with Gasteiger partial charge in [-0.2, -0.15) is 0 Å². The summed E-state index contributed by atoms with van der Waals surface area (Å²) in [5.41, 5.74) is 3.61. The van der Waals surface area contributed by atoms with Crippen LogP contribution in [0.4, 0.5) is 11.4 Å². The minimum absolute atomic E-state index is 0.0154. The van der Waals surface area contributed by atoms with Crippen molar-refractivity contribution in [3.63, 3.8) is 0 Å². The molecule has 3 aromatic rings. The standard InChI is InChI=1S/C34H42N4O5/c1-4-43-34(41)26-38(30-14-6-5-7-15-30)33(40)25-36-21-20-35(23-28-12-10-16-31(22-28)42-3)18-11-19-37(27(2)39)32-17-9-8-13-29(32)24-36/h5-10,12-17,22H,4,11,18-21,23-26H2,1-3H3. The number of carbonyl (C=O) groups excluding carboxylic acids is 3. The molecule has 0 saturated carbocycles. The zero-order valence-electron chi connectivity index (χ0n) is 25.4. The SMILES string of the molecule is CCOC(=O)CN(C(=O)CN1CCN(Cc2cccc(OC)c2)CCCN(C(C)=O)c2ccccc2C1)c1ccccc1. The number of hydrogen-bond donors (Lipinski definition) is 0. The number of ether oxygens (including phenoxy) is 2. The highest BCUT2D eigenvalue weighted by molar-refractivity contribution is 5.99. The molecule has 0 bridgehead atoms. The van der Waals surface area contributed by atoms with Gasteiger partial charge in [0.05, 0.1) is 20.3 Å². The van der Waals surface area contributed by atoms with Gasteiger partial charge in [-0.05, 0) is 54.8 Å². The zero-order valence-corrected chi connectivity index (χ0v) is 25.4. The van der Waals surface area contributed by atoms with Crippen LogP contribution in [0.25, 0.3) is 0 Å². The number of hydrogen-bond acceptors (Lipinski definition) is 7. The Morgan fingerprint density at radius 3 is 2.35 bits per heavy atom. The number of carbonyl (C=O) groups is 3. The molecule has 3 aromatic carbocycles. The third-order valence-corrected chi connectivity index (χ3v) is 7.51. The molecule has 4 rings (SSSR count). The second-order valence-electron chi connectivity index (χ2n) is 10.6. The van der Waals surface area contributed by atoms with E-state index in [1.54, 1.807) is 21.0 Å². The van der Waals surface area contributed by atoms with E-state index in [1.165, 1.54) is 4.90 Å². The van der Waals surface area contributed by atoms with Crippen molar-refractivity contribution in [2.45, 2.75) is 33.4 Å². The van der Waals surface area contributed by atoms with Crippen LogP contribution < -0.4 is 14.5 Å². The van der Waals surface area contributed by atoms with E-state index in [2.05, 4.69) is 15.9 Å². The molecule has 0 atom stereocenters. The third-order valence-electron chi connectivity index (χ3n) is 7.51. The van der Waals surface area contributed by atoms with Crippen LogP contribution in [0.15, 0.2) is 78.9 Å². The lowest BCUT2D eigenvalue weighted by molar-refractivity contribution is -0.142. The van der Waals surface area contributed by atoms with Gasteiger partial charge in [-0.25, -0.2) is 0 Å². The monoisotopic (exact) mass is 586 g/mol. The average Bonchev–Trinajstić information content (AvgIpc) is 3.04. The van der Waals surface area contributed by atoms with Crippen LogP contribution in [0.2, 0.25) is 0 Å². The number of fused-ring (bicyclic) bond motifs is 1. The first kappa shape index (κ1) is 31.7. The zero-order chi connectivity index (χ0) is 30.6. The van der Waals surface area contributed by atoms with E-state index in [-0.39, 0.29) is 31.5 Å². The Morgan fingerprint density at radius 1 is 0.860 bits per heavy atom. The van der Waals surface area contributed by atoms with Crippen molar-refractivity contribution in [1.82, 2.24) is 9.80 Å². The number of nitrogens with zero attached hydrogens (tertiary/aromatic N) is 4. The molecule has 1 heterocycles. The van der Waals surface area contributed by atoms with E-state index in [0.717, 1.165) is 42.1 Å². The summed E-state index contributed by atoms with van der Waals surface area (Å²) in [4.78, 5) is 47.0. The van der Waals surface area contributed by atoms with Crippen LogP contribution in [-0.2, 0) is 32.2 Å². The number of anilines is 2. The summed E-state index contributed by atoms with van der Waals surface area (Å²) in [6, 6.07) is 25.1. The minimum Gasteiger partial charge on any atom is -0.497 e. The summed E-state index contributed by atoms with van der Waals surface area (Å²) in [6.07, 6.45) is 0.804. The van der Waals surface area contributed by atoms with Crippen LogP contribution in [-0.4, -0.2) is 80.6 Å². The molecular weight excluding hydrogens is 544 g/mol. The highest BCUT2D eigenvalue weighted by atomic mass is 16.5. The molecule has 0 N–H and O–H groups in total. The quantitative estimate of drug-likeness (QED) is 0.345. The molecule has 0 saturated heterocycles. The smallest absolute Gasteiger partial charge is 0.326 e. The lowest BCUT2D eigenvalue weighted by atomic mass is 10.1. The van der Waals surface area contributed by atoms with E-state index in [9.17, 15) is 14.4 Å². The van der Waals surface area contributed by atoms with E-state index in [0.29, 0.717) is 31.9 Å². The van der Waals surface area contributed by atoms with Crippen LogP contribution in [0.1, 0.15) is 31.4 Å². The molecule has 228 valence electrons. The lowest BCUT2D eigenvalue weighted by Crippen LogP contribution is -2.45. The van der Waals surface area contributed by atoms with Crippen LogP contribution in [0.5, 0.6) is 5.75 Å². The van der Waals surface area contributed by atoms with E-state index in [4.69, 9.17) is 9.47 Å². The van der Waals surface area contributed by atoms with Gasteiger partial charge in [-0.15, -0.1) is 0 Å². The van der Waals surface area contributed by atoms with Crippen molar-refractivity contribution in [1.29, 1.82) is 0 Å². The van der Waals surface area contributed by atoms with Gasteiger partial charge in [-0.1, -0.05) is 48.5 Å². The van der Waals surface area contributed by atoms with Gasteiger partial charge in [0.15, 0.2) is 0 Å². The summed E-state index contributed by atoms with van der Waals surface area (Å²) in [5.74, 6) is 0.139. The number of methoxy groups -OCH3 is 1. The summed E-state index contributed by atoms with van der Waals surface area (Å²) in [7, 11) is 1.66. The number of para-hydroxylation sites is 2. The maximum Gasteiger partial charge on any atom is 0.326 e. The number of esters is 1. The molecule has 1 aliphatic heterocycles. The Labute approximate surface area is 254 Å². The molecule has 0 aliphatic carbocycles. The van der Waals surface area contributed by atoms with Crippen molar-refractivity contribution >= 4 is 29.2 Å². The number of amides is 2. The molecule has 0 radical (unpaired) electrons. The number of benzene rings is 3. The highest BCUT2D eigenvalue weighted by Crippen LogP contribution is 2.24. The summed E-state index contributed by atoms with van der Waals surface area (Å²) >= 11 is 0. The molecule has 43 heavy (non-hydrogen) atoms. The Balaban J connectivity index is 1.62. The minimum atomic E-state index is -0.455. The van der Waals surface area contributed by atoms with Gasteiger partial charge >= 0.3 is 5.97 Å². The van der Waals surface area contributed by atoms with E-state index in [1.807, 2.05) is 77.7 Å². The fourth-order valence-corrected chi connectivity index (χ4v) is 5.39. The first-order chi connectivity index (χ1) is 20.9. The predicted molar refractivity (Wildman–Crippen MR) is 168 cm³/mol. The predicted octanol–water partition coefficient (Wildman–Crippen LogP) is 4.35. The largest absolute Gasteiger partial charge is 0.497 e. The maximum absolute atomic E-state index is 13.9. The van der Waals surface area contributed by atoms with E-state index < -0.39 is 5.97 Å². The number of rotatable bonds is 9. The van der Waals surface area contributed by atoms with Crippen molar-refractivity contribution < 1.29 is 23.9 Å². The molecule has 9 heteroatoms. The Morgan fingerprint density at radius 2 is 1.60 bits per heavy atom. The Hall–Kier alpha value is -4.21. The van der Waals surface area contributed by atoms with Crippen molar-refractivity contribution in [3.8, 4) is 5.75 Å². The molecule has 2 amide bonds. The molecule has 0 aromatic heterocycles. The van der Waals surface area contributed by atoms with Crippen LogP contribution >= 0.6 is 0 Å². The van der Waals surface area contributed by atoms with Gasteiger partial charge in [0.25, 0.3) is 0 Å². The second-order valence-corrected chi connectivity index (χ2v) is 10.6. The van der Waals surface area contributed by atoms with Gasteiger partial charge in [0, 0.05) is 57.6 Å². The average molecular weight is 587 g/mol. The van der Waals surface area contributed by atoms with E-state index >= 15 is 0 Å². The lowest BCUT2D eigenvalue weighted by Gasteiger charge is -2.30. The van der Waals surface area contributed by atoms with Gasteiger partial charge in [0.2, 0.25) is 11.8 Å². The summed E-state index contributed by atoms with van der Waals surface area (Å²) in [5, 5.41) is 0. The normalized spacial score (nSPS) is 14.7. The van der Waals surface area contributed by atoms with Gasteiger partial charge in [0.1, 0.15) is 12.3 Å². The van der Waals surface area contributed by atoms with Gasteiger partial charge < -0.3 is 19.3 Å². The highest BCUT2D eigenvalue weighted by Gasteiger charge is 2.25. The molecule has 0 fully saturated rings. The summed E-state index contributed by atoms with van der Waals surface area (Å²) in [6.45, 7) is 7.42. The molecular formula is C34H42N4O5. The van der Waals surface area contributed by atoms with Crippen molar-refractivity contribution in [2.75, 3.05) is 62.8 Å². The molecule has 9 nitrogen and oxygen atoms in total. The van der Waals surface area contributed by atoms with Crippen molar-refractivity contribution in [2.24, 2.45) is 0 Å².